The number of ether oxygens (including phenoxy) is 1. The van der Waals surface area contributed by atoms with E-state index in [1.54, 1.807) is 61.5 Å². The Kier molecular flexibility index (Phi) is 6.26. The van der Waals surface area contributed by atoms with Gasteiger partial charge in [-0.1, -0.05) is 23.7 Å². The Morgan fingerprint density at radius 2 is 1.79 bits per heavy atom. The molecule has 0 spiro atoms. The number of hydrogen-bond donors (Lipinski definition) is 2. The average Bonchev–Trinajstić information content (AvgIpc) is 3.20. The lowest BCUT2D eigenvalue weighted by atomic mass is 10.1. The van der Waals surface area contributed by atoms with E-state index in [1.807, 2.05) is 0 Å². The van der Waals surface area contributed by atoms with Crippen molar-refractivity contribution in [2.45, 2.75) is 11.8 Å². The molecule has 1 heterocycles. The third kappa shape index (κ3) is 5.10. The molecule has 1 aliphatic rings. The van der Waals surface area contributed by atoms with Crippen LogP contribution in [0, 0.1) is 6.92 Å². The van der Waals surface area contributed by atoms with Gasteiger partial charge in [-0.2, -0.15) is 0 Å². The van der Waals surface area contributed by atoms with E-state index in [-0.39, 0.29) is 4.90 Å². The highest BCUT2D eigenvalue weighted by Gasteiger charge is 2.23. The zero-order valence-electron chi connectivity index (χ0n) is 17.5. The summed E-state index contributed by atoms with van der Waals surface area (Å²) in [5.41, 5.74) is 2.16. The van der Waals surface area contributed by atoms with Crippen molar-refractivity contribution in [3.8, 4) is 0 Å². The number of anilines is 3. The fourth-order valence-corrected chi connectivity index (χ4v) is 4.86. The van der Waals surface area contributed by atoms with Crippen molar-refractivity contribution in [2.24, 2.45) is 0 Å². The van der Waals surface area contributed by atoms with Crippen LogP contribution >= 0.6 is 11.6 Å². The number of benzene rings is 3. The molecule has 8 nitrogen and oxygen atoms in total. The van der Waals surface area contributed by atoms with Crippen molar-refractivity contribution in [1.29, 1.82) is 0 Å². The largest absolute Gasteiger partial charge is 0.447 e. The molecular formula is C23H20ClN3O5S. The molecule has 4 rings (SSSR count). The maximum absolute atomic E-state index is 12.9. The summed E-state index contributed by atoms with van der Waals surface area (Å²) in [5.74, 6) is -0.416. The molecule has 0 saturated carbocycles. The first kappa shape index (κ1) is 22.6. The van der Waals surface area contributed by atoms with E-state index in [0.717, 1.165) is 0 Å². The van der Waals surface area contributed by atoms with Crippen LogP contribution < -0.4 is 14.9 Å². The molecule has 2 N–H and O–H groups in total. The van der Waals surface area contributed by atoms with E-state index in [4.69, 9.17) is 16.3 Å². The van der Waals surface area contributed by atoms with Crippen LogP contribution in [0.5, 0.6) is 0 Å². The second-order valence-corrected chi connectivity index (χ2v) is 9.45. The molecule has 3 aromatic rings. The minimum Gasteiger partial charge on any atom is -0.447 e. The van der Waals surface area contributed by atoms with E-state index in [9.17, 15) is 18.0 Å². The Balaban J connectivity index is 1.51. The van der Waals surface area contributed by atoms with Crippen molar-refractivity contribution < 1.29 is 22.7 Å². The minimum atomic E-state index is -3.91. The molecule has 0 atom stereocenters. The Morgan fingerprint density at radius 1 is 1.03 bits per heavy atom. The van der Waals surface area contributed by atoms with Crippen LogP contribution in [0.15, 0.2) is 71.6 Å². The number of aryl methyl sites for hydroxylation is 1. The monoisotopic (exact) mass is 485 g/mol. The van der Waals surface area contributed by atoms with Gasteiger partial charge in [0, 0.05) is 22.0 Å². The van der Waals surface area contributed by atoms with Crippen LogP contribution in [0.1, 0.15) is 15.9 Å². The van der Waals surface area contributed by atoms with E-state index in [0.29, 0.717) is 46.4 Å². The zero-order chi connectivity index (χ0) is 23.6. The van der Waals surface area contributed by atoms with Crippen molar-refractivity contribution >= 4 is 50.7 Å². The van der Waals surface area contributed by atoms with Gasteiger partial charge < -0.3 is 10.1 Å². The summed E-state index contributed by atoms with van der Waals surface area (Å²) in [6.07, 6.45) is -0.424. The molecule has 0 aromatic heterocycles. The van der Waals surface area contributed by atoms with Crippen LogP contribution in [0.4, 0.5) is 21.9 Å². The molecule has 1 fully saturated rings. The van der Waals surface area contributed by atoms with Gasteiger partial charge in [0.2, 0.25) is 0 Å². The fraction of sp³-hybridized carbons (Fsp3) is 0.130. The van der Waals surface area contributed by atoms with E-state index in [1.165, 1.54) is 17.0 Å². The number of carbonyl (C=O) groups excluding carboxylic acids is 2. The van der Waals surface area contributed by atoms with Gasteiger partial charge in [0.15, 0.2) is 0 Å². The topological polar surface area (TPSA) is 105 Å². The Bertz CT molecular complexity index is 1330. The smallest absolute Gasteiger partial charge is 0.414 e. The van der Waals surface area contributed by atoms with Crippen molar-refractivity contribution in [1.82, 2.24) is 0 Å². The van der Waals surface area contributed by atoms with Crippen molar-refractivity contribution in [3.63, 3.8) is 0 Å². The van der Waals surface area contributed by atoms with Crippen LogP contribution in [-0.2, 0) is 14.8 Å². The van der Waals surface area contributed by atoms with Gasteiger partial charge in [0.25, 0.3) is 15.9 Å². The number of hydrogen-bond acceptors (Lipinski definition) is 5. The Hall–Kier alpha value is -3.56. The summed E-state index contributed by atoms with van der Waals surface area (Å²) in [6, 6.07) is 17.5. The number of nitrogens with zero attached hydrogens (tertiary/aromatic N) is 1. The van der Waals surface area contributed by atoms with Crippen LogP contribution in [0.25, 0.3) is 0 Å². The highest BCUT2D eigenvalue weighted by Crippen LogP contribution is 2.25. The number of cyclic esters (lactones) is 1. The van der Waals surface area contributed by atoms with Gasteiger partial charge in [0.05, 0.1) is 17.1 Å². The van der Waals surface area contributed by atoms with Gasteiger partial charge in [-0.15, -0.1) is 0 Å². The predicted molar refractivity (Wildman–Crippen MR) is 127 cm³/mol. The van der Waals surface area contributed by atoms with Gasteiger partial charge in [-0.3, -0.25) is 14.4 Å². The van der Waals surface area contributed by atoms with Gasteiger partial charge in [-0.05, 0) is 67.1 Å². The van der Waals surface area contributed by atoms with Gasteiger partial charge in [-0.25, -0.2) is 13.2 Å². The van der Waals surface area contributed by atoms with Gasteiger partial charge >= 0.3 is 6.09 Å². The molecule has 3 aromatic carbocycles. The lowest BCUT2D eigenvalue weighted by Gasteiger charge is -2.14. The maximum Gasteiger partial charge on any atom is 0.414 e. The van der Waals surface area contributed by atoms with Crippen LogP contribution in [-0.4, -0.2) is 33.6 Å². The first-order valence-electron chi connectivity index (χ1n) is 9.98. The molecule has 0 bridgehead atoms. The highest BCUT2D eigenvalue weighted by molar-refractivity contribution is 7.92. The quantitative estimate of drug-likeness (QED) is 0.528. The summed E-state index contributed by atoms with van der Waals surface area (Å²) in [4.78, 5) is 25.9. The number of rotatable bonds is 6. The summed E-state index contributed by atoms with van der Waals surface area (Å²) in [7, 11) is -3.91. The summed E-state index contributed by atoms with van der Waals surface area (Å²) in [6.45, 7) is 2.44. The molecule has 170 valence electrons. The predicted octanol–water partition coefficient (Wildman–Crippen LogP) is 4.66. The molecule has 10 heteroatoms. The first-order chi connectivity index (χ1) is 15.7. The van der Waals surface area contributed by atoms with Gasteiger partial charge in [0.1, 0.15) is 6.61 Å². The van der Waals surface area contributed by atoms with Crippen molar-refractivity contribution in [3.05, 3.63) is 82.9 Å². The fourth-order valence-electron chi connectivity index (χ4n) is 3.35. The lowest BCUT2D eigenvalue weighted by molar-refractivity contribution is 0.102. The van der Waals surface area contributed by atoms with Crippen LogP contribution in [0.2, 0.25) is 5.02 Å². The second kappa shape index (κ2) is 9.13. The Labute approximate surface area is 196 Å². The minimum absolute atomic E-state index is 0.0307. The molecule has 1 aliphatic heterocycles. The SMILES string of the molecule is Cc1ccc(NC(=O)c2ccc(N3CCOC3=O)cc2)cc1S(=O)(=O)Nc1cccc(Cl)c1. The molecule has 1 saturated heterocycles. The molecular weight excluding hydrogens is 466 g/mol. The molecule has 0 radical (unpaired) electrons. The standard InChI is InChI=1S/C23H20ClN3O5S/c1-15-5-8-18(14-21(15)33(30,31)26-19-4-2-3-17(24)13-19)25-22(28)16-6-9-20(10-7-16)27-11-12-32-23(27)29/h2-10,13-14,26H,11-12H2,1H3,(H,25,28). The normalized spacial score (nSPS) is 13.5. The van der Waals surface area contributed by atoms with E-state index >= 15 is 0 Å². The first-order valence-corrected chi connectivity index (χ1v) is 11.8. The molecule has 0 aliphatic carbocycles. The number of amides is 2. The Morgan fingerprint density at radius 3 is 2.45 bits per heavy atom. The molecule has 2 amide bonds. The summed E-state index contributed by atoms with van der Waals surface area (Å²) in [5, 5.41) is 3.11. The number of sulfonamides is 1. The zero-order valence-corrected chi connectivity index (χ0v) is 19.1. The number of nitrogens with one attached hydrogen (secondary N) is 2. The number of carbonyl (C=O) groups is 2. The average molecular weight is 486 g/mol. The highest BCUT2D eigenvalue weighted by atomic mass is 35.5. The van der Waals surface area contributed by atoms with E-state index < -0.39 is 22.0 Å². The van der Waals surface area contributed by atoms with E-state index in [2.05, 4.69) is 10.0 Å². The second-order valence-electron chi connectivity index (χ2n) is 7.36. The van der Waals surface area contributed by atoms with Crippen molar-refractivity contribution in [2.75, 3.05) is 28.1 Å². The summed E-state index contributed by atoms with van der Waals surface area (Å²) < 4.78 is 33.3. The number of halogens is 1. The molecule has 0 unspecified atom stereocenters. The third-order valence-corrected chi connectivity index (χ3v) is 6.77. The molecule has 33 heavy (non-hydrogen) atoms. The summed E-state index contributed by atoms with van der Waals surface area (Å²) >= 11 is 5.94. The lowest BCUT2D eigenvalue weighted by Crippen LogP contribution is -2.23. The van der Waals surface area contributed by atoms with Crippen LogP contribution in [0.3, 0.4) is 0 Å². The maximum atomic E-state index is 12.9. The third-order valence-electron chi connectivity index (χ3n) is 5.01.